The molecule has 2 rings (SSSR count). The molecular weight excluding hydrogens is 358 g/mol. The van der Waals surface area contributed by atoms with Gasteiger partial charge in [-0.05, 0) is 25.1 Å². The lowest BCUT2D eigenvalue weighted by atomic mass is 10.1. The lowest BCUT2D eigenvalue weighted by Gasteiger charge is -2.11. The molecule has 0 aliphatic carbocycles. The first-order chi connectivity index (χ1) is 10.4. The van der Waals surface area contributed by atoms with E-state index in [4.69, 9.17) is 9.15 Å². The Morgan fingerprint density at radius 2 is 1.86 bits per heavy atom. The van der Waals surface area contributed by atoms with E-state index in [-0.39, 0.29) is 11.5 Å². The Morgan fingerprint density at radius 3 is 2.41 bits per heavy atom. The van der Waals surface area contributed by atoms with E-state index in [1.165, 1.54) is 6.92 Å². The molecule has 0 saturated carbocycles. The molecular formula is C14H10BrNO6. The molecule has 0 saturated heterocycles. The Hall–Kier alpha value is -2.48. The number of carbonyl (C=O) groups excluding carboxylic acids is 2. The van der Waals surface area contributed by atoms with Gasteiger partial charge in [0.25, 0.3) is 0 Å². The van der Waals surface area contributed by atoms with Crippen molar-refractivity contribution in [2.45, 2.75) is 13.0 Å². The number of esters is 1. The average Bonchev–Trinajstić information content (AvgIpc) is 2.97. The number of nitrogens with zero attached hydrogens (tertiary/aromatic N) is 1. The van der Waals surface area contributed by atoms with Crippen molar-refractivity contribution in [1.82, 2.24) is 0 Å². The molecule has 2 aromatic rings. The topological polar surface area (TPSA) is 99.7 Å². The second-order valence-electron chi connectivity index (χ2n) is 4.31. The van der Waals surface area contributed by atoms with E-state index >= 15 is 0 Å². The zero-order valence-corrected chi connectivity index (χ0v) is 12.9. The molecule has 0 fully saturated rings. The summed E-state index contributed by atoms with van der Waals surface area (Å²) in [6.45, 7) is 1.42. The zero-order chi connectivity index (χ0) is 16.3. The van der Waals surface area contributed by atoms with Crippen molar-refractivity contribution in [3.05, 3.63) is 62.3 Å². The SMILES string of the molecule is C[C@H](OC(=O)c1ccc([N+](=O)[O-])o1)C(=O)c1ccc(Br)cc1. The molecule has 1 heterocycles. The molecule has 0 aliphatic rings. The summed E-state index contributed by atoms with van der Waals surface area (Å²) in [6.07, 6.45) is -1.04. The van der Waals surface area contributed by atoms with Crippen molar-refractivity contribution < 1.29 is 23.7 Å². The van der Waals surface area contributed by atoms with Gasteiger partial charge in [-0.1, -0.05) is 28.1 Å². The van der Waals surface area contributed by atoms with Crippen LogP contribution in [-0.2, 0) is 4.74 Å². The molecule has 0 unspecified atom stereocenters. The van der Waals surface area contributed by atoms with Gasteiger partial charge in [-0.25, -0.2) is 4.79 Å². The fraction of sp³-hybridized carbons (Fsp3) is 0.143. The number of rotatable bonds is 5. The van der Waals surface area contributed by atoms with E-state index in [9.17, 15) is 19.7 Å². The van der Waals surface area contributed by atoms with Gasteiger partial charge < -0.3 is 9.15 Å². The first-order valence-electron chi connectivity index (χ1n) is 6.13. The van der Waals surface area contributed by atoms with Crippen molar-refractivity contribution in [3.63, 3.8) is 0 Å². The van der Waals surface area contributed by atoms with E-state index in [1.807, 2.05) is 0 Å². The number of benzene rings is 1. The maximum atomic E-state index is 12.1. The smallest absolute Gasteiger partial charge is 0.433 e. The number of furan rings is 1. The van der Waals surface area contributed by atoms with Crippen molar-refractivity contribution in [2.24, 2.45) is 0 Å². The van der Waals surface area contributed by atoms with Gasteiger partial charge in [-0.2, -0.15) is 0 Å². The minimum absolute atomic E-state index is 0.331. The lowest BCUT2D eigenvalue weighted by Crippen LogP contribution is -2.24. The summed E-state index contributed by atoms with van der Waals surface area (Å²) in [5, 5.41) is 10.5. The molecule has 1 aromatic heterocycles. The third kappa shape index (κ3) is 3.59. The third-order valence-corrected chi connectivity index (χ3v) is 3.28. The normalized spacial score (nSPS) is 11.7. The highest BCUT2D eigenvalue weighted by Gasteiger charge is 2.24. The average molecular weight is 368 g/mol. The quantitative estimate of drug-likeness (QED) is 0.347. The van der Waals surface area contributed by atoms with E-state index in [0.717, 1.165) is 16.6 Å². The Bertz CT molecular complexity index is 721. The second-order valence-corrected chi connectivity index (χ2v) is 5.23. The van der Waals surface area contributed by atoms with Crippen LogP contribution in [0, 0.1) is 10.1 Å². The molecule has 8 heteroatoms. The van der Waals surface area contributed by atoms with E-state index in [2.05, 4.69) is 15.9 Å². The van der Waals surface area contributed by atoms with Crippen LogP contribution < -0.4 is 0 Å². The van der Waals surface area contributed by atoms with Crippen LogP contribution >= 0.6 is 15.9 Å². The maximum Gasteiger partial charge on any atom is 0.433 e. The minimum Gasteiger partial charge on any atom is -0.448 e. The van der Waals surface area contributed by atoms with Crippen LogP contribution in [-0.4, -0.2) is 22.8 Å². The number of hydrogen-bond acceptors (Lipinski definition) is 6. The molecule has 114 valence electrons. The molecule has 22 heavy (non-hydrogen) atoms. The minimum atomic E-state index is -1.04. The third-order valence-electron chi connectivity index (χ3n) is 2.75. The van der Waals surface area contributed by atoms with Gasteiger partial charge in [0.2, 0.25) is 11.5 Å². The highest BCUT2D eigenvalue weighted by atomic mass is 79.9. The summed E-state index contributed by atoms with van der Waals surface area (Å²) in [4.78, 5) is 33.6. The fourth-order valence-corrected chi connectivity index (χ4v) is 1.92. The molecule has 0 amide bonds. The van der Waals surface area contributed by atoms with Crippen molar-refractivity contribution in [1.29, 1.82) is 0 Å². The molecule has 0 aliphatic heterocycles. The first kappa shape index (κ1) is 15.9. The molecule has 0 bridgehead atoms. The van der Waals surface area contributed by atoms with Crippen LogP contribution in [0.5, 0.6) is 0 Å². The predicted molar refractivity (Wildman–Crippen MR) is 78.7 cm³/mol. The second kappa shape index (κ2) is 6.52. The van der Waals surface area contributed by atoms with E-state index in [0.29, 0.717) is 5.56 Å². The summed E-state index contributed by atoms with van der Waals surface area (Å²) in [6, 6.07) is 8.73. The van der Waals surface area contributed by atoms with Crippen LogP contribution in [0.1, 0.15) is 27.8 Å². The monoisotopic (exact) mass is 367 g/mol. The number of carbonyl (C=O) groups is 2. The van der Waals surface area contributed by atoms with Crippen molar-refractivity contribution >= 4 is 33.6 Å². The van der Waals surface area contributed by atoms with Gasteiger partial charge in [-0.15, -0.1) is 0 Å². The van der Waals surface area contributed by atoms with Gasteiger partial charge >= 0.3 is 11.9 Å². The van der Waals surface area contributed by atoms with E-state index < -0.39 is 22.9 Å². The van der Waals surface area contributed by atoms with Crippen LogP contribution in [0.15, 0.2) is 45.3 Å². The lowest BCUT2D eigenvalue weighted by molar-refractivity contribution is -0.402. The van der Waals surface area contributed by atoms with Crippen LogP contribution in [0.3, 0.4) is 0 Å². The van der Waals surface area contributed by atoms with Gasteiger partial charge in [0, 0.05) is 10.0 Å². The zero-order valence-electron chi connectivity index (χ0n) is 11.3. The molecule has 0 spiro atoms. The highest BCUT2D eigenvalue weighted by molar-refractivity contribution is 9.10. The number of Topliss-reactive ketones (excluding diaryl/α,β-unsaturated/α-hetero) is 1. The summed E-state index contributed by atoms with van der Waals surface area (Å²) in [7, 11) is 0. The summed E-state index contributed by atoms with van der Waals surface area (Å²) in [5.41, 5.74) is 0.383. The fourth-order valence-electron chi connectivity index (χ4n) is 1.66. The standard InChI is InChI=1S/C14H10BrNO6/c1-8(13(17)9-2-4-10(15)5-3-9)21-14(18)11-6-7-12(22-11)16(19)20/h2-8H,1H3/t8-/m0/s1. The Morgan fingerprint density at radius 1 is 1.23 bits per heavy atom. The maximum absolute atomic E-state index is 12.1. The highest BCUT2D eigenvalue weighted by Crippen LogP contribution is 2.18. The number of ketones is 1. The molecule has 0 N–H and O–H groups in total. The van der Waals surface area contributed by atoms with Crippen molar-refractivity contribution in [3.8, 4) is 0 Å². The summed E-state index contributed by atoms with van der Waals surface area (Å²) >= 11 is 3.25. The Labute approximate surface area is 133 Å². The van der Waals surface area contributed by atoms with Crippen molar-refractivity contribution in [2.75, 3.05) is 0 Å². The molecule has 7 nitrogen and oxygen atoms in total. The molecule has 1 aromatic carbocycles. The Kier molecular flexibility index (Phi) is 4.71. The van der Waals surface area contributed by atoms with Crippen LogP contribution in [0.2, 0.25) is 0 Å². The van der Waals surface area contributed by atoms with Crippen LogP contribution in [0.25, 0.3) is 0 Å². The van der Waals surface area contributed by atoms with Gasteiger partial charge in [-0.3, -0.25) is 14.9 Å². The number of ether oxygens (including phenoxy) is 1. The summed E-state index contributed by atoms with van der Waals surface area (Å²) < 4.78 is 10.5. The number of hydrogen-bond donors (Lipinski definition) is 0. The molecule has 1 atom stereocenters. The number of nitro groups is 1. The molecule has 0 radical (unpaired) electrons. The largest absolute Gasteiger partial charge is 0.448 e. The first-order valence-corrected chi connectivity index (χ1v) is 6.93. The van der Waals surface area contributed by atoms with Gasteiger partial charge in [0.05, 0.1) is 6.07 Å². The summed E-state index contributed by atoms with van der Waals surface area (Å²) in [5.74, 6) is -2.23. The van der Waals surface area contributed by atoms with E-state index in [1.54, 1.807) is 24.3 Å². The van der Waals surface area contributed by atoms with Crippen LogP contribution in [0.4, 0.5) is 5.88 Å². The van der Waals surface area contributed by atoms with Gasteiger partial charge in [0.15, 0.2) is 6.10 Å². The predicted octanol–water partition coefficient (Wildman–Crippen LogP) is 3.38. The number of halogens is 1. The Balaban J connectivity index is 2.05. The van der Waals surface area contributed by atoms with Gasteiger partial charge in [0.1, 0.15) is 4.92 Å².